The largest absolute Gasteiger partial charge is 0.325 e. The van der Waals surface area contributed by atoms with Crippen LogP contribution >= 0.6 is 11.6 Å². The Hall–Kier alpha value is -2.47. The molecule has 2 aliphatic rings. The second kappa shape index (κ2) is 6.93. The van der Waals surface area contributed by atoms with E-state index in [-0.39, 0.29) is 24.4 Å². The van der Waals surface area contributed by atoms with Gasteiger partial charge in [0, 0.05) is 24.7 Å². The van der Waals surface area contributed by atoms with Crippen molar-refractivity contribution in [2.24, 2.45) is 0 Å². The molecule has 0 N–H and O–H groups in total. The van der Waals surface area contributed by atoms with E-state index in [2.05, 4.69) is 9.97 Å². The lowest BCUT2D eigenvalue weighted by atomic mass is 10.1. The van der Waals surface area contributed by atoms with E-state index in [1.807, 2.05) is 32.0 Å². The summed E-state index contributed by atoms with van der Waals surface area (Å²) in [6, 6.07) is 7.11. The summed E-state index contributed by atoms with van der Waals surface area (Å²) in [6.45, 7) is 4.17. The molecular formula is C20H21ClN4O2. The van der Waals surface area contributed by atoms with Gasteiger partial charge in [0.2, 0.25) is 5.91 Å². The number of aromatic nitrogens is 2. The molecule has 140 valence electrons. The van der Waals surface area contributed by atoms with Crippen molar-refractivity contribution in [2.45, 2.75) is 38.6 Å². The summed E-state index contributed by atoms with van der Waals surface area (Å²) < 4.78 is 0. The first-order valence-corrected chi connectivity index (χ1v) is 9.53. The normalized spacial score (nSPS) is 20.1. The number of halogens is 1. The van der Waals surface area contributed by atoms with E-state index in [1.54, 1.807) is 22.1 Å². The standard InChI is InChI=1S/C20H21ClN4O2/c1-12-10-25(17-6-4-3-5-16(17)21)18(26)11-24(12)20(27)15-9-22-19(14-7-8-14)23-13(15)2/h3-6,9,12,14H,7-8,10-11H2,1-2H3/t12-/m0/s1. The van der Waals surface area contributed by atoms with E-state index >= 15 is 0 Å². The molecule has 0 unspecified atom stereocenters. The molecule has 6 nitrogen and oxygen atoms in total. The Morgan fingerprint density at radius 2 is 2.00 bits per heavy atom. The Labute approximate surface area is 163 Å². The van der Waals surface area contributed by atoms with Crippen LogP contribution in [-0.4, -0.2) is 45.8 Å². The Morgan fingerprint density at radius 1 is 1.26 bits per heavy atom. The predicted molar refractivity (Wildman–Crippen MR) is 103 cm³/mol. The average Bonchev–Trinajstić information content (AvgIpc) is 3.48. The Balaban J connectivity index is 1.54. The van der Waals surface area contributed by atoms with Crippen molar-refractivity contribution in [1.29, 1.82) is 0 Å². The number of para-hydroxylation sites is 1. The lowest BCUT2D eigenvalue weighted by Crippen LogP contribution is -2.57. The molecule has 1 aliphatic heterocycles. The van der Waals surface area contributed by atoms with E-state index < -0.39 is 0 Å². The zero-order chi connectivity index (χ0) is 19.1. The molecule has 1 aliphatic carbocycles. The van der Waals surface area contributed by atoms with Gasteiger partial charge in [-0.2, -0.15) is 0 Å². The minimum Gasteiger partial charge on any atom is -0.325 e. The quantitative estimate of drug-likeness (QED) is 0.815. The first kappa shape index (κ1) is 17.9. The number of amides is 2. The number of piperazine rings is 1. The molecule has 2 amide bonds. The first-order chi connectivity index (χ1) is 13.0. The van der Waals surface area contributed by atoms with Gasteiger partial charge < -0.3 is 9.80 Å². The average molecular weight is 385 g/mol. The Bertz CT molecular complexity index is 913. The van der Waals surface area contributed by atoms with Crippen LogP contribution in [0.15, 0.2) is 30.5 Å². The molecule has 0 radical (unpaired) electrons. The van der Waals surface area contributed by atoms with Crippen LogP contribution in [0.1, 0.15) is 47.6 Å². The molecule has 1 aromatic heterocycles. The zero-order valence-electron chi connectivity index (χ0n) is 15.4. The minimum atomic E-state index is -0.200. The van der Waals surface area contributed by atoms with Gasteiger partial charge in [0.25, 0.3) is 5.91 Å². The van der Waals surface area contributed by atoms with Crippen LogP contribution in [0.2, 0.25) is 5.02 Å². The topological polar surface area (TPSA) is 66.4 Å². The van der Waals surface area contributed by atoms with Gasteiger partial charge in [-0.15, -0.1) is 0 Å². The summed E-state index contributed by atoms with van der Waals surface area (Å²) >= 11 is 6.24. The third-order valence-electron chi connectivity index (χ3n) is 5.16. The molecular weight excluding hydrogens is 364 g/mol. The van der Waals surface area contributed by atoms with Crippen LogP contribution in [0.25, 0.3) is 0 Å². The fourth-order valence-electron chi connectivity index (χ4n) is 3.41. The highest BCUT2D eigenvalue weighted by molar-refractivity contribution is 6.33. The van der Waals surface area contributed by atoms with Crippen LogP contribution < -0.4 is 4.90 Å². The first-order valence-electron chi connectivity index (χ1n) is 9.15. The minimum absolute atomic E-state index is 0.00897. The van der Waals surface area contributed by atoms with Crippen molar-refractivity contribution in [3.8, 4) is 0 Å². The zero-order valence-corrected chi connectivity index (χ0v) is 16.1. The SMILES string of the molecule is Cc1nc(C2CC2)ncc1C(=O)N1CC(=O)N(c2ccccc2Cl)C[C@@H]1C. The van der Waals surface area contributed by atoms with Crippen LogP contribution in [0.3, 0.4) is 0 Å². The molecule has 0 spiro atoms. The van der Waals surface area contributed by atoms with Gasteiger partial charge in [-0.3, -0.25) is 9.59 Å². The number of hydrogen-bond donors (Lipinski definition) is 0. The van der Waals surface area contributed by atoms with Crippen LogP contribution in [0.4, 0.5) is 5.69 Å². The number of hydrogen-bond acceptors (Lipinski definition) is 4. The second-order valence-corrected chi connectivity index (χ2v) is 7.65. The molecule has 7 heteroatoms. The van der Waals surface area contributed by atoms with Crippen molar-refractivity contribution >= 4 is 29.1 Å². The van der Waals surface area contributed by atoms with Crippen molar-refractivity contribution in [3.63, 3.8) is 0 Å². The molecule has 2 fully saturated rings. The van der Waals surface area contributed by atoms with Crippen molar-refractivity contribution in [3.05, 3.63) is 52.6 Å². The molecule has 1 saturated carbocycles. The number of anilines is 1. The molecule has 0 bridgehead atoms. The third kappa shape index (κ3) is 3.41. The fourth-order valence-corrected chi connectivity index (χ4v) is 3.65. The lowest BCUT2D eigenvalue weighted by Gasteiger charge is -2.39. The van der Waals surface area contributed by atoms with E-state index in [9.17, 15) is 9.59 Å². The highest BCUT2D eigenvalue weighted by Crippen LogP contribution is 2.38. The van der Waals surface area contributed by atoms with E-state index in [0.29, 0.717) is 34.4 Å². The number of nitrogens with zero attached hydrogens (tertiary/aromatic N) is 4. The van der Waals surface area contributed by atoms with Crippen molar-refractivity contribution < 1.29 is 9.59 Å². The monoisotopic (exact) mass is 384 g/mol. The van der Waals surface area contributed by atoms with Crippen molar-refractivity contribution in [2.75, 3.05) is 18.0 Å². The maximum atomic E-state index is 13.0. The van der Waals surface area contributed by atoms with E-state index in [1.165, 1.54) is 0 Å². The summed E-state index contributed by atoms with van der Waals surface area (Å²) in [6.07, 6.45) is 3.83. The highest BCUT2D eigenvalue weighted by atomic mass is 35.5. The molecule has 1 saturated heterocycles. The summed E-state index contributed by atoms with van der Waals surface area (Å²) in [5.74, 6) is 0.904. The predicted octanol–water partition coefficient (Wildman–Crippen LogP) is 3.19. The van der Waals surface area contributed by atoms with Gasteiger partial charge in [-0.25, -0.2) is 9.97 Å². The molecule has 2 aromatic rings. The summed E-state index contributed by atoms with van der Waals surface area (Å²) in [5.41, 5.74) is 1.81. The van der Waals surface area contributed by atoms with Crippen LogP contribution in [0, 0.1) is 6.92 Å². The summed E-state index contributed by atoms with van der Waals surface area (Å²) in [4.78, 5) is 37.9. The van der Waals surface area contributed by atoms with Gasteiger partial charge in [0.1, 0.15) is 12.4 Å². The fraction of sp³-hybridized carbons (Fsp3) is 0.400. The number of rotatable bonds is 3. The maximum Gasteiger partial charge on any atom is 0.258 e. The Morgan fingerprint density at radius 3 is 2.67 bits per heavy atom. The van der Waals surface area contributed by atoms with Gasteiger partial charge in [-0.05, 0) is 38.8 Å². The highest BCUT2D eigenvalue weighted by Gasteiger charge is 2.35. The van der Waals surface area contributed by atoms with Gasteiger partial charge >= 0.3 is 0 Å². The number of aryl methyl sites for hydroxylation is 1. The molecule has 1 aromatic carbocycles. The van der Waals surface area contributed by atoms with Gasteiger partial charge in [0.05, 0.1) is 22.0 Å². The molecule has 27 heavy (non-hydrogen) atoms. The van der Waals surface area contributed by atoms with Crippen LogP contribution in [0.5, 0.6) is 0 Å². The maximum absolute atomic E-state index is 13.0. The van der Waals surface area contributed by atoms with Crippen LogP contribution in [-0.2, 0) is 4.79 Å². The van der Waals surface area contributed by atoms with Gasteiger partial charge in [0.15, 0.2) is 0 Å². The van der Waals surface area contributed by atoms with E-state index in [0.717, 1.165) is 18.7 Å². The lowest BCUT2D eigenvalue weighted by molar-refractivity contribution is -0.121. The van der Waals surface area contributed by atoms with Gasteiger partial charge in [-0.1, -0.05) is 23.7 Å². The molecule has 4 rings (SSSR count). The van der Waals surface area contributed by atoms with Crippen molar-refractivity contribution in [1.82, 2.24) is 14.9 Å². The smallest absolute Gasteiger partial charge is 0.258 e. The number of benzene rings is 1. The number of carbonyl (C=O) groups is 2. The number of carbonyl (C=O) groups excluding carboxylic acids is 2. The second-order valence-electron chi connectivity index (χ2n) is 7.24. The van der Waals surface area contributed by atoms with E-state index in [4.69, 9.17) is 11.6 Å². The third-order valence-corrected chi connectivity index (χ3v) is 5.48. The summed E-state index contributed by atoms with van der Waals surface area (Å²) in [5, 5.41) is 0.526. The molecule has 2 heterocycles. The Kier molecular flexibility index (Phi) is 4.60. The molecule has 1 atom stereocenters. The summed E-state index contributed by atoms with van der Waals surface area (Å²) in [7, 11) is 0.